The van der Waals surface area contributed by atoms with E-state index in [2.05, 4.69) is 51.8 Å². The molecule has 0 saturated carbocycles. The second kappa shape index (κ2) is 10.5. The third-order valence-corrected chi connectivity index (χ3v) is 10.0. The van der Waals surface area contributed by atoms with Crippen molar-refractivity contribution in [3.63, 3.8) is 0 Å². The number of halogens is 2. The fourth-order valence-corrected chi connectivity index (χ4v) is 7.24. The van der Waals surface area contributed by atoms with Crippen LogP contribution in [0.4, 0.5) is 14.4 Å². The molecule has 1 aliphatic heterocycles. The first-order valence-corrected chi connectivity index (χ1v) is 15.2. The van der Waals surface area contributed by atoms with Crippen LogP contribution in [0.3, 0.4) is 0 Å². The van der Waals surface area contributed by atoms with Gasteiger partial charge in [0, 0.05) is 41.4 Å². The lowest BCUT2D eigenvalue weighted by Crippen LogP contribution is -2.49. The van der Waals surface area contributed by atoms with Crippen LogP contribution in [0.5, 0.6) is 0 Å². The van der Waals surface area contributed by atoms with Crippen molar-refractivity contribution in [1.29, 1.82) is 0 Å². The summed E-state index contributed by atoms with van der Waals surface area (Å²) in [6, 6.07) is 16.5. The number of fused-ring (bicyclic) bond motifs is 3. The van der Waals surface area contributed by atoms with Crippen LogP contribution in [-0.2, 0) is 20.7 Å². The van der Waals surface area contributed by atoms with E-state index in [1.165, 1.54) is 22.3 Å². The Balaban J connectivity index is 1.27. The van der Waals surface area contributed by atoms with E-state index in [1.54, 1.807) is 4.90 Å². The van der Waals surface area contributed by atoms with E-state index >= 15 is 0 Å². The van der Waals surface area contributed by atoms with Gasteiger partial charge in [-0.25, -0.2) is 4.79 Å². The van der Waals surface area contributed by atoms with Crippen molar-refractivity contribution in [3.8, 4) is 11.1 Å². The third kappa shape index (κ3) is 5.02. The smallest absolute Gasteiger partial charge is 0.409 e. The highest BCUT2D eigenvalue weighted by atomic mass is 127. The van der Waals surface area contributed by atoms with Crippen molar-refractivity contribution in [1.82, 2.24) is 4.90 Å². The minimum Gasteiger partial charge on any atom is -0.448 e. The van der Waals surface area contributed by atoms with Gasteiger partial charge in [-0.05, 0) is 87.9 Å². The zero-order valence-corrected chi connectivity index (χ0v) is 24.6. The van der Waals surface area contributed by atoms with Crippen molar-refractivity contribution in [2.45, 2.75) is 32.4 Å². The Hall–Kier alpha value is -2.66. The van der Waals surface area contributed by atoms with Gasteiger partial charge in [0.2, 0.25) is 0 Å². The van der Waals surface area contributed by atoms with Gasteiger partial charge in [-0.1, -0.05) is 48.5 Å². The molecule has 3 aromatic rings. The van der Waals surface area contributed by atoms with Gasteiger partial charge in [0.15, 0.2) is 0 Å². The number of piperazine rings is 1. The first-order valence-electron chi connectivity index (χ1n) is 12.6. The van der Waals surface area contributed by atoms with Crippen LogP contribution >= 0.6 is 22.6 Å². The summed E-state index contributed by atoms with van der Waals surface area (Å²) >= 11 is 2.20. The highest BCUT2D eigenvalue weighted by Gasteiger charge is 2.31. The molecular formula is C29H30FIN2O4S. The molecule has 0 bridgehead atoms. The molecule has 1 fully saturated rings. The number of hydrogen-bond acceptors (Lipinski definition) is 5. The molecule has 0 radical (unpaired) electrons. The largest absolute Gasteiger partial charge is 0.448 e. The van der Waals surface area contributed by atoms with Gasteiger partial charge in [0.05, 0.1) is 0 Å². The second-order valence-corrected chi connectivity index (χ2v) is 12.4. The number of carbonyl (C=O) groups excluding carboxylic acids is 1. The lowest BCUT2D eigenvalue weighted by molar-refractivity contribution is 0.0976. The van der Waals surface area contributed by atoms with E-state index in [0.717, 1.165) is 25.9 Å². The standard InChI is InChI=1S/C29H30FIN2O4S/c1-18-26(17-38(30,35)36)19(2)28(20(3)27(18)31)32-12-14-33(15-13-32)29(34)37-16-25-23-10-6-4-8-21(23)22-9-5-7-11-24(22)25/h4-11,25H,12-17H2,1-3H3. The quantitative estimate of drug-likeness (QED) is 0.248. The highest BCUT2D eigenvalue weighted by molar-refractivity contribution is 14.1. The molecule has 6 nitrogen and oxygen atoms in total. The van der Waals surface area contributed by atoms with E-state index in [1.807, 2.05) is 45.0 Å². The molecule has 1 saturated heterocycles. The first-order chi connectivity index (χ1) is 18.1. The summed E-state index contributed by atoms with van der Waals surface area (Å²) in [5.74, 6) is -0.619. The minimum absolute atomic E-state index is 0.0118. The number of hydrogen-bond donors (Lipinski definition) is 0. The SMILES string of the molecule is Cc1c(I)c(C)c(N2CCN(C(=O)OCC3c4ccccc4-c4ccccc43)CC2)c(C)c1CS(=O)(=O)F. The van der Waals surface area contributed by atoms with Crippen molar-refractivity contribution in [2.24, 2.45) is 0 Å². The monoisotopic (exact) mass is 648 g/mol. The van der Waals surface area contributed by atoms with E-state index in [-0.39, 0.29) is 18.6 Å². The Morgan fingerprint density at radius 3 is 2.03 bits per heavy atom. The second-order valence-electron chi connectivity index (χ2n) is 9.98. The summed E-state index contributed by atoms with van der Waals surface area (Å²) in [5.41, 5.74) is 8.78. The van der Waals surface area contributed by atoms with Crippen LogP contribution in [0.1, 0.15) is 39.3 Å². The Bertz CT molecular complexity index is 1470. The average Bonchev–Trinajstić information content (AvgIpc) is 3.22. The third-order valence-electron chi connectivity index (χ3n) is 7.78. The highest BCUT2D eigenvalue weighted by Crippen LogP contribution is 2.44. The molecule has 0 aromatic heterocycles. The Kier molecular flexibility index (Phi) is 7.43. The fraction of sp³-hybridized carbons (Fsp3) is 0.345. The van der Waals surface area contributed by atoms with Crippen molar-refractivity contribution < 1.29 is 21.8 Å². The minimum atomic E-state index is -4.66. The number of carbonyl (C=O) groups is 1. The number of rotatable bonds is 5. The van der Waals surface area contributed by atoms with Crippen LogP contribution in [-0.4, -0.2) is 52.2 Å². The van der Waals surface area contributed by atoms with Crippen LogP contribution < -0.4 is 4.90 Å². The van der Waals surface area contributed by atoms with Gasteiger partial charge < -0.3 is 14.5 Å². The molecule has 0 atom stereocenters. The zero-order valence-electron chi connectivity index (χ0n) is 21.6. The van der Waals surface area contributed by atoms with Crippen LogP contribution in [0.25, 0.3) is 11.1 Å². The summed E-state index contributed by atoms with van der Waals surface area (Å²) in [4.78, 5) is 16.9. The topological polar surface area (TPSA) is 66.9 Å². The summed E-state index contributed by atoms with van der Waals surface area (Å²) in [6.45, 7) is 8.09. The summed E-state index contributed by atoms with van der Waals surface area (Å²) in [5, 5.41) is 0. The lowest BCUT2D eigenvalue weighted by atomic mass is 9.97. The molecule has 0 unspecified atom stereocenters. The maximum atomic E-state index is 13.6. The molecule has 3 aromatic carbocycles. The Morgan fingerprint density at radius 1 is 0.921 bits per heavy atom. The van der Waals surface area contributed by atoms with E-state index in [0.29, 0.717) is 31.7 Å². The molecular weight excluding hydrogens is 618 g/mol. The van der Waals surface area contributed by atoms with Crippen LogP contribution in [0.2, 0.25) is 0 Å². The predicted octanol–water partition coefficient (Wildman–Crippen LogP) is 6.09. The first kappa shape index (κ1) is 26.9. The van der Waals surface area contributed by atoms with E-state index in [9.17, 15) is 17.1 Å². The van der Waals surface area contributed by atoms with Crippen molar-refractivity contribution in [2.75, 3.05) is 37.7 Å². The molecule has 1 amide bonds. The van der Waals surface area contributed by atoms with Gasteiger partial charge in [0.25, 0.3) is 0 Å². The fourth-order valence-electron chi connectivity index (χ4n) is 5.88. The molecule has 9 heteroatoms. The lowest BCUT2D eigenvalue weighted by Gasteiger charge is -2.38. The van der Waals surface area contributed by atoms with Gasteiger partial charge in [-0.2, -0.15) is 8.42 Å². The number of ether oxygens (including phenoxy) is 1. The van der Waals surface area contributed by atoms with E-state index in [4.69, 9.17) is 4.74 Å². The Morgan fingerprint density at radius 2 is 1.47 bits per heavy atom. The number of benzene rings is 3. The number of nitrogens with zero attached hydrogens (tertiary/aromatic N) is 2. The average molecular weight is 649 g/mol. The van der Waals surface area contributed by atoms with Crippen molar-refractivity contribution >= 4 is 44.6 Å². The summed E-state index contributed by atoms with van der Waals surface area (Å²) in [7, 11) is -4.66. The number of amides is 1. The molecule has 0 N–H and O–H groups in total. The maximum Gasteiger partial charge on any atom is 0.409 e. The van der Waals surface area contributed by atoms with Crippen molar-refractivity contribution in [3.05, 3.63) is 85.5 Å². The predicted molar refractivity (Wildman–Crippen MR) is 156 cm³/mol. The van der Waals surface area contributed by atoms with Gasteiger partial charge in [-0.15, -0.1) is 3.89 Å². The molecule has 1 aliphatic carbocycles. The van der Waals surface area contributed by atoms with Crippen LogP contribution in [0, 0.1) is 24.3 Å². The summed E-state index contributed by atoms with van der Waals surface area (Å²) < 4.78 is 43.3. The summed E-state index contributed by atoms with van der Waals surface area (Å²) in [6.07, 6.45) is -0.331. The van der Waals surface area contributed by atoms with Gasteiger partial charge in [0.1, 0.15) is 12.4 Å². The molecule has 38 heavy (non-hydrogen) atoms. The Labute approximate surface area is 237 Å². The van der Waals surface area contributed by atoms with E-state index < -0.39 is 16.0 Å². The molecule has 1 heterocycles. The molecule has 0 spiro atoms. The molecule has 5 rings (SSSR count). The normalized spacial score (nSPS) is 15.4. The molecule has 200 valence electrons. The van der Waals surface area contributed by atoms with Gasteiger partial charge >= 0.3 is 16.3 Å². The zero-order chi connectivity index (χ0) is 27.2. The maximum absolute atomic E-state index is 13.6. The number of anilines is 1. The molecule has 2 aliphatic rings. The van der Waals surface area contributed by atoms with Crippen LogP contribution in [0.15, 0.2) is 48.5 Å². The van der Waals surface area contributed by atoms with Gasteiger partial charge in [-0.3, -0.25) is 0 Å².